The van der Waals surface area contributed by atoms with Crippen molar-refractivity contribution in [3.8, 4) is 0 Å². The van der Waals surface area contributed by atoms with E-state index in [0.717, 1.165) is 32.6 Å². The number of carbonyl (C=O) groups is 1. The second-order valence-electron chi connectivity index (χ2n) is 6.01. The Morgan fingerprint density at radius 1 is 1.53 bits per heavy atom. The quantitative estimate of drug-likeness (QED) is 0.721. The van der Waals surface area contributed by atoms with Crippen LogP contribution in [-0.4, -0.2) is 43.0 Å². The molecule has 2 aliphatic heterocycles. The standard InChI is InChI=1S/C12H22N2O3/c1-11(2,3)17-10(15)14-9-6-12(13-7-9)4-5-16-8-12/h9,13H,4-8H2,1-3H3,(H,14,15). The molecule has 2 aliphatic rings. The highest BCUT2D eigenvalue weighted by atomic mass is 16.6. The van der Waals surface area contributed by atoms with E-state index in [1.807, 2.05) is 20.8 Å². The van der Waals surface area contributed by atoms with Gasteiger partial charge in [0.15, 0.2) is 0 Å². The number of alkyl carbamates (subject to hydrolysis) is 1. The van der Waals surface area contributed by atoms with Crippen LogP contribution in [0.4, 0.5) is 4.79 Å². The van der Waals surface area contributed by atoms with E-state index in [4.69, 9.17) is 9.47 Å². The van der Waals surface area contributed by atoms with Gasteiger partial charge in [-0.15, -0.1) is 0 Å². The van der Waals surface area contributed by atoms with E-state index < -0.39 is 5.60 Å². The second kappa shape index (κ2) is 4.46. The Bertz CT molecular complexity index is 293. The molecule has 0 aromatic carbocycles. The van der Waals surface area contributed by atoms with E-state index >= 15 is 0 Å². The third-order valence-corrected chi connectivity index (χ3v) is 3.18. The molecule has 0 aliphatic carbocycles. The molecule has 2 N–H and O–H groups in total. The van der Waals surface area contributed by atoms with E-state index in [2.05, 4.69) is 10.6 Å². The average Bonchev–Trinajstić information content (AvgIpc) is 2.75. The van der Waals surface area contributed by atoms with Gasteiger partial charge in [0, 0.05) is 24.7 Å². The van der Waals surface area contributed by atoms with Gasteiger partial charge in [-0.3, -0.25) is 0 Å². The fraction of sp³-hybridized carbons (Fsp3) is 0.917. The van der Waals surface area contributed by atoms with E-state index in [1.165, 1.54) is 0 Å². The number of rotatable bonds is 1. The lowest BCUT2D eigenvalue weighted by Gasteiger charge is -2.23. The van der Waals surface area contributed by atoms with Crippen molar-refractivity contribution in [2.75, 3.05) is 19.8 Å². The van der Waals surface area contributed by atoms with Crippen molar-refractivity contribution in [1.29, 1.82) is 0 Å². The van der Waals surface area contributed by atoms with Gasteiger partial charge >= 0.3 is 6.09 Å². The van der Waals surface area contributed by atoms with Crippen molar-refractivity contribution >= 4 is 6.09 Å². The number of ether oxygens (including phenoxy) is 2. The molecule has 2 heterocycles. The largest absolute Gasteiger partial charge is 0.444 e. The van der Waals surface area contributed by atoms with Gasteiger partial charge in [0.05, 0.1) is 6.61 Å². The Morgan fingerprint density at radius 2 is 2.29 bits per heavy atom. The van der Waals surface area contributed by atoms with Gasteiger partial charge in [0.1, 0.15) is 5.60 Å². The average molecular weight is 242 g/mol. The predicted molar refractivity (Wildman–Crippen MR) is 63.9 cm³/mol. The Morgan fingerprint density at radius 3 is 2.88 bits per heavy atom. The van der Waals surface area contributed by atoms with E-state index in [1.54, 1.807) is 0 Å². The fourth-order valence-electron chi connectivity index (χ4n) is 2.44. The third-order valence-electron chi connectivity index (χ3n) is 3.18. The van der Waals surface area contributed by atoms with Crippen molar-refractivity contribution < 1.29 is 14.3 Å². The summed E-state index contributed by atoms with van der Waals surface area (Å²) in [6.07, 6.45) is 1.62. The van der Waals surface area contributed by atoms with Crippen LogP contribution in [0.3, 0.4) is 0 Å². The molecule has 0 saturated carbocycles. The Hall–Kier alpha value is -0.810. The Kier molecular flexibility index (Phi) is 3.32. The summed E-state index contributed by atoms with van der Waals surface area (Å²) < 4.78 is 10.7. The van der Waals surface area contributed by atoms with Crippen LogP contribution in [0.25, 0.3) is 0 Å². The summed E-state index contributed by atoms with van der Waals surface area (Å²) in [6, 6.07) is 0.145. The first-order valence-electron chi connectivity index (χ1n) is 6.21. The third kappa shape index (κ3) is 3.33. The van der Waals surface area contributed by atoms with Crippen LogP contribution in [0.1, 0.15) is 33.6 Å². The molecule has 1 amide bonds. The van der Waals surface area contributed by atoms with Crippen molar-refractivity contribution in [2.45, 2.75) is 50.8 Å². The maximum absolute atomic E-state index is 11.6. The Labute approximate surface area is 102 Å². The maximum Gasteiger partial charge on any atom is 0.407 e. The lowest BCUT2D eigenvalue weighted by atomic mass is 9.95. The molecule has 5 heteroatoms. The van der Waals surface area contributed by atoms with Crippen molar-refractivity contribution in [3.05, 3.63) is 0 Å². The van der Waals surface area contributed by atoms with Crippen LogP contribution in [-0.2, 0) is 9.47 Å². The smallest absolute Gasteiger partial charge is 0.407 e. The molecule has 1 spiro atoms. The van der Waals surface area contributed by atoms with Crippen LogP contribution in [0.2, 0.25) is 0 Å². The van der Waals surface area contributed by atoms with Crippen LogP contribution < -0.4 is 10.6 Å². The summed E-state index contributed by atoms with van der Waals surface area (Å²) >= 11 is 0. The van der Waals surface area contributed by atoms with Crippen molar-refractivity contribution in [1.82, 2.24) is 10.6 Å². The van der Waals surface area contributed by atoms with E-state index in [0.29, 0.717) is 0 Å². The van der Waals surface area contributed by atoms with Crippen LogP contribution in [0, 0.1) is 0 Å². The first kappa shape index (κ1) is 12.6. The summed E-state index contributed by atoms with van der Waals surface area (Å²) in [4.78, 5) is 11.6. The SMILES string of the molecule is CC(C)(C)OC(=O)NC1CNC2(CCOC2)C1. The maximum atomic E-state index is 11.6. The molecule has 98 valence electrons. The zero-order valence-electron chi connectivity index (χ0n) is 10.8. The summed E-state index contributed by atoms with van der Waals surface area (Å²) in [5.41, 5.74) is -0.357. The molecule has 0 aromatic rings. The summed E-state index contributed by atoms with van der Waals surface area (Å²) in [5, 5.41) is 6.36. The molecule has 2 unspecified atom stereocenters. The number of amides is 1. The molecule has 0 aromatic heterocycles. The number of hydrogen-bond acceptors (Lipinski definition) is 4. The monoisotopic (exact) mass is 242 g/mol. The van der Waals surface area contributed by atoms with Gasteiger partial charge < -0.3 is 20.1 Å². The second-order valence-corrected chi connectivity index (χ2v) is 6.01. The lowest BCUT2D eigenvalue weighted by molar-refractivity contribution is 0.0506. The molecule has 17 heavy (non-hydrogen) atoms. The van der Waals surface area contributed by atoms with Gasteiger partial charge in [-0.2, -0.15) is 0 Å². The molecule has 2 rings (SSSR count). The number of hydrogen-bond donors (Lipinski definition) is 2. The zero-order chi connectivity index (χ0) is 12.5. The minimum atomic E-state index is -0.440. The van der Waals surface area contributed by atoms with Gasteiger partial charge in [0.2, 0.25) is 0 Å². The Balaban J connectivity index is 1.79. The molecule has 0 radical (unpaired) electrons. The predicted octanol–water partition coefficient (Wildman–Crippen LogP) is 1.03. The van der Waals surface area contributed by atoms with Gasteiger partial charge in [-0.25, -0.2) is 4.79 Å². The fourth-order valence-corrected chi connectivity index (χ4v) is 2.44. The molecule has 2 atom stereocenters. The number of nitrogens with one attached hydrogen (secondary N) is 2. The highest BCUT2D eigenvalue weighted by Gasteiger charge is 2.42. The minimum Gasteiger partial charge on any atom is -0.444 e. The molecule has 2 fully saturated rings. The summed E-state index contributed by atoms with van der Waals surface area (Å²) in [7, 11) is 0. The molecular formula is C12H22N2O3. The van der Waals surface area contributed by atoms with Crippen LogP contribution in [0.5, 0.6) is 0 Å². The molecular weight excluding hydrogens is 220 g/mol. The van der Waals surface area contributed by atoms with Crippen LogP contribution in [0.15, 0.2) is 0 Å². The van der Waals surface area contributed by atoms with E-state index in [-0.39, 0.29) is 17.7 Å². The van der Waals surface area contributed by atoms with Gasteiger partial charge in [-0.1, -0.05) is 0 Å². The summed E-state index contributed by atoms with van der Waals surface area (Å²) in [5.74, 6) is 0. The zero-order valence-corrected chi connectivity index (χ0v) is 10.8. The topological polar surface area (TPSA) is 59.6 Å². The summed E-state index contributed by atoms with van der Waals surface area (Å²) in [6.45, 7) is 7.96. The molecule has 2 saturated heterocycles. The first-order valence-corrected chi connectivity index (χ1v) is 6.21. The van der Waals surface area contributed by atoms with Gasteiger partial charge in [-0.05, 0) is 33.6 Å². The molecule has 0 bridgehead atoms. The minimum absolute atomic E-state index is 0.0830. The van der Waals surface area contributed by atoms with E-state index in [9.17, 15) is 4.79 Å². The highest BCUT2D eigenvalue weighted by Crippen LogP contribution is 2.28. The van der Waals surface area contributed by atoms with Gasteiger partial charge in [0.25, 0.3) is 0 Å². The van der Waals surface area contributed by atoms with Crippen molar-refractivity contribution in [3.63, 3.8) is 0 Å². The normalized spacial score (nSPS) is 33.0. The first-order chi connectivity index (χ1) is 7.89. The van der Waals surface area contributed by atoms with Crippen LogP contribution >= 0.6 is 0 Å². The number of carbonyl (C=O) groups excluding carboxylic acids is 1. The lowest BCUT2D eigenvalue weighted by Crippen LogP contribution is -2.40. The van der Waals surface area contributed by atoms with Crippen molar-refractivity contribution in [2.24, 2.45) is 0 Å². The highest BCUT2D eigenvalue weighted by molar-refractivity contribution is 5.68. The molecule has 5 nitrogen and oxygen atoms in total.